The Balaban J connectivity index is 1.55. The summed E-state index contributed by atoms with van der Waals surface area (Å²) >= 11 is 0. The fraction of sp³-hybridized carbons (Fsp3) is 0.682. The lowest BCUT2D eigenvalue weighted by atomic mass is 9.87. The second-order valence-electron chi connectivity index (χ2n) is 16.7. The standard InChI is InChI=1S/C44H68N2O10/c1-11-36(52-10)31(6)40-41(56-40)42(45-24-33-15-17-34(18-16-33)46-25-29(4)53-30(5)26-46)44(9,51)21-12-13-27(2)39-28(3)14-19-37(54-32(7)47)43(8,50)22-20-35(48)23-38(49)55-39/h12-19,21,28-31,35-37,39-42,45,48,50-51H,11,20,22-26H2,1-10H3/b19-14+,21-12+,27-13+/t28-,29?,30?,31+,35+,36-,37-,39-,40+,41-,42?,43+,44?/m0/s1. The minimum atomic E-state index is -1.46. The molecule has 56 heavy (non-hydrogen) atoms. The summed E-state index contributed by atoms with van der Waals surface area (Å²) in [7, 11) is 1.72. The normalized spacial score (nSPS) is 34.0. The van der Waals surface area contributed by atoms with E-state index in [1.165, 1.54) is 6.92 Å². The van der Waals surface area contributed by atoms with Crippen molar-refractivity contribution < 1.29 is 48.6 Å². The van der Waals surface area contributed by atoms with E-state index >= 15 is 0 Å². The Labute approximate surface area is 334 Å². The predicted molar refractivity (Wildman–Crippen MR) is 216 cm³/mol. The zero-order chi connectivity index (χ0) is 41.4. The lowest BCUT2D eigenvalue weighted by Gasteiger charge is -2.37. The summed E-state index contributed by atoms with van der Waals surface area (Å²) in [5, 5.41) is 37.4. The molecule has 1 aromatic carbocycles. The van der Waals surface area contributed by atoms with Crippen LogP contribution in [0.1, 0.15) is 93.6 Å². The number of rotatable bonds is 14. The van der Waals surface area contributed by atoms with E-state index in [9.17, 15) is 24.9 Å². The van der Waals surface area contributed by atoms with E-state index in [0.717, 1.165) is 30.8 Å². The molecule has 0 radical (unpaired) electrons. The molecule has 4 N–H and O–H groups in total. The fourth-order valence-electron chi connectivity index (χ4n) is 8.11. The second kappa shape index (κ2) is 20.0. The molecule has 12 nitrogen and oxygen atoms in total. The summed E-state index contributed by atoms with van der Waals surface area (Å²) in [6, 6.07) is 8.03. The van der Waals surface area contributed by atoms with E-state index in [0.29, 0.717) is 12.1 Å². The second-order valence-corrected chi connectivity index (χ2v) is 16.7. The van der Waals surface area contributed by atoms with Crippen LogP contribution < -0.4 is 10.2 Å². The number of carbonyl (C=O) groups excluding carboxylic acids is 2. The van der Waals surface area contributed by atoms with Gasteiger partial charge in [-0.2, -0.15) is 0 Å². The molecule has 3 heterocycles. The van der Waals surface area contributed by atoms with Crippen molar-refractivity contribution in [3.63, 3.8) is 0 Å². The van der Waals surface area contributed by atoms with E-state index in [1.807, 2.05) is 13.8 Å². The highest BCUT2D eigenvalue weighted by Gasteiger charge is 2.54. The van der Waals surface area contributed by atoms with Gasteiger partial charge < -0.3 is 49.2 Å². The van der Waals surface area contributed by atoms with Gasteiger partial charge in [-0.1, -0.05) is 57.2 Å². The monoisotopic (exact) mass is 784 g/mol. The number of esters is 2. The van der Waals surface area contributed by atoms with E-state index < -0.39 is 47.5 Å². The van der Waals surface area contributed by atoms with Crippen LogP contribution in [-0.4, -0.2) is 114 Å². The van der Waals surface area contributed by atoms with Gasteiger partial charge in [0.25, 0.3) is 0 Å². The van der Waals surface area contributed by atoms with E-state index in [1.54, 1.807) is 51.3 Å². The summed E-state index contributed by atoms with van der Waals surface area (Å²) in [4.78, 5) is 27.2. The first kappa shape index (κ1) is 45.6. The number of allylic oxidation sites excluding steroid dienone is 2. The third kappa shape index (κ3) is 12.7. The SMILES string of the molecule is CC[C@H](OC)[C@@H](C)[C@H]1O[C@@H]1C(NCc1ccc(N2CC(C)OC(C)C2)cc1)C(C)(O)/C=C/C=C(\C)[C@@H]1OC(=O)C[C@H](O)CC[C@@](C)(O)[C@@H](OC(C)=O)/C=C/[C@@H]1C. The number of nitrogens with zero attached hydrogens (tertiary/aromatic N) is 1. The zero-order valence-electron chi connectivity index (χ0n) is 35.1. The first-order valence-electron chi connectivity index (χ1n) is 20.3. The fourth-order valence-corrected chi connectivity index (χ4v) is 8.11. The van der Waals surface area contributed by atoms with Gasteiger partial charge in [-0.05, 0) is 83.2 Å². The number of anilines is 1. The van der Waals surface area contributed by atoms with Crippen molar-refractivity contribution in [1.82, 2.24) is 5.32 Å². The maximum Gasteiger partial charge on any atom is 0.309 e. The minimum Gasteiger partial charge on any atom is -0.457 e. The Morgan fingerprint density at radius 3 is 2.38 bits per heavy atom. The molecule has 12 heteroatoms. The minimum absolute atomic E-state index is 0.0242. The van der Waals surface area contributed by atoms with Crippen LogP contribution in [0, 0.1) is 11.8 Å². The molecular weight excluding hydrogens is 716 g/mol. The number of aliphatic hydroxyl groups excluding tert-OH is 1. The van der Waals surface area contributed by atoms with Crippen LogP contribution in [-0.2, 0) is 39.8 Å². The molecule has 0 aromatic heterocycles. The molecule has 0 spiro atoms. The smallest absolute Gasteiger partial charge is 0.309 e. The molecule has 4 unspecified atom stereocenters. The molecule has 2 fully saturated rings. The maximum absolute atomic E-state index is 13.0. The van der Waals surface area contributed by atoms with Crippen LogP contribution in [0.5, 0.6) is 0 Å². The lowest BCUT2D eigenvalue weighted by molar-refractivity contribution is -0.157. The molecule has 0 saturated carbocycles. The van der Waals surface area contributed by atoms with Crippen LogP contribution in [0.3, 0.4) is 0 Å². The third-order valence-corrected chi connectivity index (χ3v) is 11.4. The number of carbonyl (C=O) groups is 2. The Morgan fingerprint density at radius 2 is 1.77 bits per heavy atom. The highest BCUT2D eigenvalue weighted by molar-refractivity contribution is 5.70. The van der Waals surface area contributed by atoms with Gasteiger partial charge in [0.1, 0.15) is 23.9 Å². The van der Waals surface area contributed by atoms with Gasteiger partial charge >= 0.3 is 11.9 Å². The van der Waals surface area contributed by atoms with Crippen LogP contribution in [0.2, 0.25) is 0 Å². The molecule has 1 aromatic rings. The first-order valence-corrected chi connectivity index (χ1v) is 20.3. The van der Waals surface area contributed by atoms with Crippen LogP contribution in [0.15, 0.2) is 60.2 Å². The van der Waals surface area contributed by atoms with Crippen molar-refractivity contribution in [3.05, 3.63) is 65.8 Å². The lowest BCUT2D eigenvalue weighted by Crippen LogP contribution is -2.52. The van der Waals surface area contributed by atoms with E-state index in [4.69, 9.17) is 23.7 Å². The van der Waals surface area contributed by atoms with Gasteiger partial charge in [0.05, 0.1) is 48.6 Å². The van der Waals surface area contributed by atoms with Gasteiger partial charge in [0, 0.05) is 51.2 Å². The first-order chi connectivity index (χ1) is 26.3. The summed E-state index contributed by atoms with van der Waals surface area (Å²) in [6.07, 6.45) is 6.74. The number of benzene rings is 1. The summed E-state index contributed by atoms with van der Waals surface area (Å²) in [5.41, 5.74) is 0.105. The Morgan fingerprint density at radius 1 is 1.11 bits per heavy atom. The van der Waals surface area contributed by atoms with Crippen LogP contribution >= 0.6 is 0 Å². The quantitative estimate of drug-likeness (QED) is 0.0850. The molecule has 2 saturated heterocycles. The molecule has 3 aliphatic rings. The van der Waals surface area contributed by atoms with E-state index in [2.05, 4.69) is 62.2 Å². The van der Waals surface area contributed by atoms with Gasteiger partial charge in [0.2, 0.25) is 0 Å². The van der Waals surface area contributed by atoms with Gasteiger partial charge in [-0.3, -0.25) is 9.59 Å². The molecule has 13 atom stereocenters. The summed E-state index contributed by atoms with van der Waals surface area (Å²) in [6.45, 7) is 18.9. The summed E-state index contributed by atoms with van der Waals surface area (Å²) in [5.74, 6) is -1.38. The van der Waals surface area contributed by atoms with Crippen molar-refractivity contribution in [1.29, 1.82) is 0 Å². The average Bonchev–Trinajstić information content (AvgIpc) is 3.91. The number of morpholine rings is 1. The molecule has 0 bridgehead atoms. The molecular formula is C44H68N2O10. The highest BCUT2D eigenvalue weighted by Crippen LogP contribution is 2.39. The Kier molecular flexibility index (Phi) is 16.3. The average molecular weight is 785 g/mol. The van der Waals surface area contributed by atoms with Gasteiger partial charge in [-0.15, -0.1) is 0 Å². The molecule has 314 valence electrons. The maximum atomic E-state index is 13.0. The van der Waals surface area contributed by atoms with E-state index in [-0.39, 0.29) is 61.6 Å². The number of nitrogens with one attached hydrogen (secondary N) is 1. The number of aliphatic hydroxyl groups is 3. The zero-order valence-corrected chi connectivity index (χ0v) is 35.1. The van der Waals surface area contributed by atoms with Crippen molar-refractivity contribution in [2.45, 2.75) is 161 Å². The molecule has 0 aliphatic carbocycles. The van der Waals surface area contributed by atoms with Crippen LogP contribution in [0.25, 0.3) is 0 Å². The number of hydrogen-bond acceptors (Lipinski definition) is 12. The predicted octanol–water partition coefficient (Wildman–Crippen LogP) is 5.17. The highest BCUT2D eigenvalue weighted by atomic mass is 16.6. The Bertz CT molecular complexity index is 1510. The number of hydrogen-bond donors (Lipinski definition) is 4. The van der Waals surface area contributed by atoms with Crippen molar-refractivity contribution in [2.24, 2.45) is 11.8 Å². The molecule has 4 rings (SSSR count). The number of epoxide rings is 1. The van der Waals surface area contributed by atoms with Gasteiger partial charge in [0.15, 0.2) is 0 Å². The third-order valence-electron chi connectivity index (χ3n) is 11.4. The van der Waals surface area contributed by atoms with Crippen molar-refractivity contribution >= 4 is 17.6 Å². The summed E-state index contributed by atoms with van der Waals surface area (Å²) < 4.78 is 29.3. The number of ether oxygens (including phenoxy) is 5. The number of cyclic esters (lactones) is 1. The topological polar surface area (TPSA) is 160 Å². The number of methoxy groups -OCH3 is 1. The Hall–Kier alpha value is -3.10. The molecule has 0 amide bonds. The van der Waals surface area contributed by atoms with Gasteiger partial charge in [-0.25, -0.2) is 0 Å². The van der Waals surface area contributed by atoms with Crippen molar-refractivity contribution in [3.8, 4) is 0 Å². The van der Waals surface area contributed by atoms with Crippen molar-refractivity contribution in [2.75, 3.05) is 25.1 Å². The molecule has 3 aliphatic heterocycles. The largest absolute Gasteiger partial charge is 0.457 e. The van der Waals surface area contributed by atoms with Crippen LogP contribution in [0.4, 0.5) is 5.69 Å².